The third kappa shape index (κ3) is 10.1. The molecule has 2 saturated carbocycles. The summed E-state index contributed by atoms with van der Waals surface area (Å²) in [6, 6.07) is -1.20. The maximum atomic E-state index is 11.4. The Bertz CT molecular complexity index is 1540. The number of halogens is 2. The van der Waals surface area contributed by atoms with Crippen LogP contribution in [0, 0.1) is 23.3 Å². The van der Waals surface area contributed by atoms with Gasteiger partial charge in [0.1, 0.15) is 17.9 Å². The summed E-state index contributed by atoms with van der Waals surface area (Å²) in [6.45, 7) is 18.8. The number of rotatable bonds is 15. The average molecular weight is 774 g/mol. The van der Waals surface area contributed by atoms with E-state index < -0.39 is 23.2 Å². The first kappa shape index (κ1) is 41.5. The van der Waals surface area contributed by atoms with Crippen LogP contribution in [0.4, 0.5) is 23.0 Å². The second-order valence-corrected chi connectivity index (χ2v) is 14.0. The van der Waals surface area contributed by atoms with E-state index >= 15 is 0 Å². The molecule has 4 N–H and O–H groups in total. The summed E-state index contributed by atoms with van der Waals surface area (Å²) in [5.41, 5.74) is 5.93. The summed E-state index contributed by atoms with van der Waals surface area (Å²) < 4.78 is 21.9. The van der Waals surface area contributed by atoms with E-state index in [0.29, 0.717) is 34.7 Å². The van der Waals surface area contributed by atoms with E-state index in [9.17, 15) is 10.1 Å². The van der Waals surface area contributed by atoms with E-state index in [1.165, 1.54) is 37.7 Å². The molecule has 2 fully saturated rings. The number of nitrogens with two attached hydrogens (primary N) is 1. The molecule has 2 aliphatic rings. The lowest BCUT2D eigenvalue weighted by molar-refractivity contribution is -0.384. The van der Waals surface area contributed by atoms with Crippen molar-refractivity contribution in [2.45, 2.75) is 98.4 Å². The summed E-state index contributed by atoms with van der Waals surface area (Å²) in [7, 11) is 6.23. The molecule has 0 bridgehead atoms. The molecule has 2 aliphatic carbocycles. The van der Waals surface area contributed by atoms with Crippen LogP contribution < -0.4 is 16.4 Å². The quantitative estimate of drug-likeness (QED) is 0.0494. The fourth-order valence-corrected chi connectivity index (χ4v) is 7.64. The number of ether oxygens (including phenoxy) is 4. The third-order valence-corrected chi connectivity index (χ3v) is 10.7. The molecule has 0 unspecified atom stereocenters. The van der Waals surface area contributed by atoms with E-state index in [2.05, 4.69) is 47.2 Å². The molecule has 8 atom stereocenters. The standard InChI is InChI=1S/C15H20ClN5O4S.C15H22ClN5O2S/c1-5-6-26-15-19-13(16)10(21(22)23)14(20-15)18-9-7-8(17-2)11(24-3)12(9)25-4;1-5-6-24-15-20-13(16)10(17)14(21-15)19-9-7-8(18-2)11(22-3)12(9)23-4/h8-9,11-12H,5-7H2,1,3-4H3,(H,18,19,20);8-9,11-12H,5-7,17H2,1,3-4H3,(H,19,20,21)/t2*8-,9+,11+,12-/m00/s1. The van der Waals surface area contributed by atoms with Crippen LogP contribution in [0.3, 0.4) is 0 Å². The number of nitro groups is 1. The first-order valence-electron chi connectivity index (χ1n) is 15.7. The van der Waals surface area contributed by atoms with Crippen molar-refractivity contribution >= 4 is 69.7 Å². The molecule has 274 valence electrons. The topological polar surface area (TPSA) is 190 Å². The fraction of sp³-hybridized carbons (Fsp3) is 0.667. The van der Waals surface area contributed by atoms with Gasteiger partial charge in [0.05, 0.1) is 17.0 Å². The van der Waals surface area contributed by atoms with Gasteiger partial charge in [-0.2, -0.15) is 4.98 Å². The van der Waals surface area contributed by atoms with Gasteiger partial charge in [-0.05, 0) is 12.8 Å². The van der Waals surface area contributed by atoms with Crippen molar-refractivity contribution in [2.24, 2.45) is 0 Å². The normalized spacial score (nSPS) is 25.6. The number of methoxy groups -OCH3 is 4. The minimum atomic E-state index is -0.615. The van der Waals surface area contributed by atoms with Crippen molar-refractivity contribution in [1.29, 1.82) is 0 Å². The van der Waals surface area contributed by atoms with Gasteiger partial charge < -0.3 is 45.0 Å². The Morgan fingerprint density at radius 2 is 1.22 bits per heavy atom. The molecule has 2 heterocycles. The summed E-state index contributed by atoms with van der Waals surface area (Å²) in [4.78, 5) is 34.9. The van der Waals surface area contributed by atoms with Crippen LogP contribution in [0.1, 0.15) is 39.5 Å². The first-order chi connectivity index (χ1) is 24.0. The molecular weight excluding hydrogens is 731 g/mol. The maximum Gasteiger partial charge on any atom is 0.348 e. The summed E-state index contributed by atoms with van der Waals surface area (Å²) in [5, 5.41) is 18.7. The highest BCUT2D eigenvalue weighted by Crippen LogP contribution is 2.37. The lowest BCUT2D eigenvalue weighted by Crippen LogP contribution is -2.38. The van der Waals surface area contributed by atoms with Crippen LogP contribution >= 0.6 is 46.7 Å². The van der Waals surface area contributed by atoms with Gasteiger partial charge in [-0.1, -0.05) is 60.6 Å². The van der Waals surface area contributed by atoms with Gasteiger partial charge in [-0.25, -0.2) is 28.1 Å². The number of hydrogen-bond donors (Lipinski definition) is 3. The van der Waals surface area contributed by atoms with Crippen molar-refractivity contribution in [3.63, 3.8) is 0 Å². The molecule has 50 heavy (non-hydrogen) atoms. The molecule has 0 radical (unpaired) electrons. The summed E-state index contributed by atoms with van der Waals surface area (Å²) in [6.07, 6.45) is 1.47. The Morgan fingerprint density at radius 3 is 1.62 bits per heavy atom. The van der Waals surface area contributed by atoms with Gasteiger partial charge >= 0.3 is 5.69 Å². The predicted molar refractivity (Wildman–Crippen MR) is 195 cm³/mol. The van der Waals surface area contributed by atoms with Crippen molar-refractivity contribution in [1.82, 2.24) is 19.9 Å². The number of thioether (sulfide) groups is 2. The maximum absolute atomic E-state index is 11.4. The van der Waals surface area contributed by atoms with Gasteiger partial charge in [0.25, 0.3) is 12.1 Å². The minimum absolute atomic E-state index is 0.0288. The van der Waals surface area contributed by atoms with Gasteiger partial charge in [0, 0.05) is 52.8 Å². The monoisotopic (exact) mass is 772 g/mol. The Kier molecular flexibility index (Phi) is 16.7. The van der Waals surface area contributed by atoms with Crippen molar-refractivity contribution in [3.05, 3.63) is 43.3 Å². The molecule has 2 aromatic heterocycles. The number of nitrogen functional groups attached to an aromatic ring is 1. The van der Waals surface area contributed by atoms with E-state index in [4.69, 9.17) is 61.0 Å². The van der Waals surface area contributed by atoms with Crippen molar-refractivity contribution in [3.8, 4) is 0 Å². The van der Waals surface area contributed by atoms with Crippen LogP contribution in [-0.2, 0) is 18.9 Å². The van der Waals surface area contributed by atoms with E-state index in [0.717, 1.165) is 24.3 Å². The molecule has 2 aromatic rings. The largest absolute Gasteiger partial charge is 0.393 e. The summed E-state index contributed by atoms with van der Waals surface area (Å²) in [5.74, 6) is 2.17. The van der Waals surface area contributed by atoms with E-state index in [1.807, 2.05) is 6.92 Å². The zero-order valence-electron chi connectivity index (χ0n) is 28.6. The van der Waals surface area contributed by atoms with Crippen LogP contribution in [-0.4, -0.2) is 113 Å². The second-order valence-electron chi connectivity index (χ2n) is 11.2. The van der Waals surface area contributed by atoms with Gasteiger partial charge in [-0.3, -0.25) is 10.1 Å². The first-order valence-corrected chi connectivity index (χ1v) is 18.4. The number of nitrogens with zero attached hydrogens (tertiary/aromatic N) is 7. The van der Waals surface area contributed by atoms with Crippen LogP contribution in [0.5, 0.6) is 0 Å². The summed E-state index contributed by atoms with van der Waals surface area (Å²) >= 11 is 15.1. The minimum Gasteiger partial charge on any atom is -0.393 e. The predicted octanol–water partition coefficient (Wildman–Crippen LogP) is 5.76. The molecule has 4 rings (SSSR count). The lowest BCUT2D eigenvalue weighted by Gasteiger charge is -2.23. The fourth-order valence-electron chi connectivity index (χ4n) is 5.74. The van der Waals surface area contributed by atoms with Crippen LogP contribution in [0.2, 0.25) is 10.3 Å². The zero-order chi connectivity index (χ0) is 37.0. The van der Waals surface area contributed by atoms with E-state index in [1.54, 1.807) is 14.2 Å². The molecule has 0 amide bonds. The Hall–Kier alpha value is -2.94. The SMILES string of the molecule is [C-]#[N+][C@H]1C[C@@H](Nc2nc(SCCC)nc(Cl)c2N)[C@H](OC)[C@@H]1OC.[C-]#[N+][C@H]1C[C@@H](Nc2nc(SCCC)nc(Cl)c2[N+](=O)[O-])[C@H](OC)[C@@H]1OC. The zero-order valence-corrected chi connectivity index (χ0v) is 31.7. The van der Waals surface area contributed by atoms with Crippen molar-refractivity contribution in [2.75, 3.05) is 56.3 Å². The second kappa shape index (κ2) is 20.2. The molecule has 0 spiro atoms. The molecule has 20 heteroatoms. The Morgan fingerprint density at radius 1 is 0.800 bits per heavy atom. The molecular formula is C30H42Cl2N10O6S2. The van der Waals surface area contributed by atoms with Crippen molar-refractivity contribution < 1.29 is 23.9 Å². The van der Waals surface area contributed by atoms with Gasteiger partial charge in [0.15, 0.2) is 33.5 Å². The number of nitrogens with one attached hydrogen (secondary N) is 2. The Labute approximate surface area is 310 Å². The highest BCUT2D eigenvalue weighted by Gasteiger charge is 2.50. The van der Waals surface area contributed by atoms with E-state index in [-0.39, 0.29) is 52.1 Å². The van der Waals surface area contributed by atoms with Gasteiger partial charge in [-0.15, -0.1) is 0 Å². The van der Waals surface area contributed by atoms with Crippen LogP contribution in [0.25, 0.3) is 9.69 Å². The highest BCUT2D eigenvalue weighted by molar-refractivity contribution is 7.99. The molecule has 0 aliphatic heterocycles. The van der Waals surface area contributed by atoms with Gasteiger partial charge in [0.2, 0.25) is 11.0 Å². The average Bonchev–Trinajstić information content (AvgIpc) is 3.63. The highest BCUT2D eigenvalue weighted by atomic mass is 35.5. The lowest BCUT2D eigenvalue weighted by atomic mass is 10.2. The molecule has 0 saturated heterocycles. The number of aromatic nitrogens is 4. The molecule has 16 nitrogen and oxygen atoms in total. The third-order valence-electron chi connectivity index (χ3n) is 8.01. The molecule has 0 aromatic carbocycles. The van der Waals surface area contributed by atoms with Crippen LogP contribution in [0.15, 0.2) is 10.3 Å². The smallest absolute Gasteiger partial charge is 0.348 e. The Balaban J connectivity index is 0.000000271. The number of hydrogen-bond acceptors (Lipinski definition) is 15. The number of anilines is 3.